The van der Waals surface area contributed by atoms with Gasteiger partial charge in [0.15, 0.2) is 0 Å². The Morgan fingerprint density at radius 1 is 1.09 bits per heavy atom. The lowest BCUT2D eigenvalue weighted by Gasteiger charge is -1.94. The van der Waals surface area contributed by atoms with E-state index in [-0.39, 0.29) is 17.6 Å². The third-order valence-corrected chi connectivity index (χ3v) is 1.16. The van der Waals surface area contributed by atoms with Crippen LogP contribution in [0.1, 0.15) is 5.56 Å². The van der Waals surface area contributed by atoms with Crippen LogP contribution in [0.5, 0.6) is 0 Å². The van der Waals surface area contributed by atoms with Crippen molar-refractivity contribution in [2.45, 2.75) is 6.61 Å². The minimum Gasteiger partial charge on any atom is -0.412 e. The summed E-state index contributed by atoms with van der Waals surface area (Å²) < 4.78 is 0. The second-order valence-corrected chi connectivity index (χ2v) is 1.90. The minimum absolute atomic E-state index is 0. The predicted octanol–water partition coefficient (Wildman–Crippen LogP) is -1.68. The molecule has 4 heteroatoms. The second kappa shape index (κ2) is 5.91. The summed E-state index contributed by atoms with van der Waals surface area (Å²) >= 11 is 0. The van der Waals surface area contributed by atoms with Crippen LogP contribution >= 0.6 is 0 Å². The molecule has 0 heterocycles. The van der Waals surface area contributed by atoms with E-state index in [0.717, 1.165) is 11.0 Å². The Morgan fingerprint density at radius 3 is 1.91 bits per heavy atom. The smallest absolute Gasteiger partial charge is 0.113 e. The Labute approximate surface area is 66.7 Å². The topological polar surface area (TPSA) is 83.2 Å². The number of benzene rings is 1. The molecule has 0 aliphatic rings. The highest BCUT2D eigenvalue weighted by molar-refractivity contribution is 6.32. The third-order valence-electron chi connectivity index (χ3n) is 1.16. The van der Waals surface area contributed by atoms with Crippen molar-refractivity contribution in [3.8, 4) is 0 Å². The fraction of sp³-hybridized carbons (Fsp3) is 0.143. The number of hydrogen-bond donors (Lipinski definition) is 1. The van der Waals surface area contributed by atoms with E-state index >= 15 is 0 Å². The summed E-state index contributed by atoms with van der Waals surface area (Å²) in [4.78, 5) is 0. The van der Waals surface area contributed by atoms with E-state index in [1.54, 1.807) is 24.3 Å². The Morgan fingerprint density at radius 2 is 1.55 bits per heavy atom. The lowest BCUT2D eigenvalue weighted by molar-refractivity contribution is 0.282. The Bertz CT molecular complexity index is 185. The first kappa shape index (κ1) is 12.8. The fourth-order valence-corrected chi connectivity index (χ4v) is 0.623. The van der Waals surface area contributed by atoms with Crippen LogP contribution in [0.25, 0.3) is 0 Å². The zero-order valence-electron chi connectivity index (χ0n) is 6.04. The molecule has 60 valence electrons. The van der Waals surface area contributed by atoms with Crippen LogP contribution in [0.15, 0.2) is 24.3 Å². The van der Waals surface area contributed by atoms with Crippen molar-refractivity contribution < 1.29 is 16.1 Å². The van der Waals surface area contributed by atoms with Crippen molar-refractivity contribution in [2.75, 3.05) is 0 Å². The third kappa shape index (κ3) is 3.77. The monoisotopic (exact) mass is 154 g/mol. The minimum atomic E-state index is 0. The van der Waals surface area contributed by atoms with Crippen molar-refractivity contribution in [3.05, 3.63) is 29.8 Å². The number of aliphatic hydroxyl groups is 1. The van der Waals surface area contributed by atoms with Crippen LogP contribution in [0.4, 0.5) is 0 Å². The van der Waals surface area contributed by atoms with Crippen LogP contribution in [-0.2, 0) is 6.61 Å². The van der Waals surface area contributed by atoms with E-state index in [4.69, 9.17) is 13.0 Å². The quantitative estimate of drug-likeness (QED) is 0.481. The molecule has 0 spiro atoms. The largest absolute Gasteiger partial charge is 0.412 e. The van der Waals surface area contributed by atoms with Gasteiger partial charge in [0.25, 0.3) is 0 Å². The van der Waals surface area contributed by atoms with E-state index in [1.165, 1.54) is 0 Å². The molecule has 0 aliphatic heterocycles. The first-order valence-corrected chi connectivity index (χ1v) is 2.78. The average molecular weight is 154 g/mol. The van der Waals surface area contributed by atoms with Gasteiger partial charge in [0.05, 0.1) is 6.61 Å². The van der Waals surface area contributed by atoms with Gasteiger partial charge in [-0.25, -0.2) is 0 Å². The molecule has 1 aromatic carbocycles. The summed E-state index contributed by atoms with van der Waals surface area (Å²) in [5.74, 6) is 0. The van der Waals surface area contributed by atoms with Crippen molar-refractivity contribution in [3.63, 3.8) is 0 Å². The molecule has 0 aromatic heterocycles. The zero-order chi connectivity index (χ0) is 6.69. The molecule has 3 nitrogen and oxygen atoms in total. The highest BCUT2D eigenvalue weighted by atomic mass is 16.3. The number of hydrogen-bond acceptors (Lipinski definition) is 1. The van der Waals surface area contributed by atoms with Crippen molar-refractivity contribution in [1.82, 2.24) is 0 Å². The molecular weight excluding hydrogens is 143 g/mol. The molecule has 11 heavy (non-hydrogen) atoms. The zero-order valence-corrected chi connectivity index (χ0v) is 6.04. The van der Waals surface area contributed by atoms with Gasteiger partial charge < -0.3 is 16.1 Å². The molecule has 0 saturated heterocycles. The molecule has 0 aliphatic carbocycles. The lowest BCUT2D eigenvalue weighted by Crippen LogP contribution is -2.00. The summed E-state index contributed by atoms with van der Waals surface area (Å²) in [7, 11) is 5.40. The molecule has 0 unspecified atom stereocenters. The van der Waals surface area contributed by atoms with E-state index < -0.39 is 0 Å². The molecule has 2 radical (unpaired) electrons. The fourth-order valence-electron chi connectivity index (χ4n) is 0.623. The van der Waals surface area contributed by atoms with E-state index in [9.17, 15) is 0 Å². The summed E-state index contributed by atoms with van der Waals surface area (Å²) in [5, 5.41) is 8.59. The highest BCUT2D eigenvalue weighted by Crippen LogP contribution is 1.93. The molecule has 1 aromatic rings. The van der Waals surface area contributed by atoms with Gasteiger partial charge in [-0.15, -0.1) is 0 Å². The molecule has 0 saturated carbocycles. The van der Waals surface area contributed by atoms with Gasteiger partial charge in [0.2, 0.25) is 0 Å². The van der Waals surface area contributed by atoms with Crippen molar-refractivity contribution in [2.24, 2.45) is 0 Å². The van der Waals surface area contributed by atoms with Crippen LogP contribution < -0.4 is 5.46 Å². The van der Waals surface area contributed by atoms with Gasteiger partial charge in [0, 0.05) is 0 Å². The molecule has 1 rings (SSSR count). The molecule has 0 bridgehead atoms. The van der Waals surface area contributed by atoms with E-state index in [0.29, 0.717) is 0 Å². The molecule has 0 atom stereocenters. The summed E-state index contributed by atoms with van der Waals surface area (Å²) in [6.45, 7) is 0.0836. The number of aliphatic hydroxyl groups excluding tert-OH is 1. The Hall–Kier alpha value is -0.835. The van der Waals surface area contributed by atoms with E-state index in [2.05, 4.69) is 0 Å². The molecule has 5 N–H and O–H groups in total. The van der Waals surface area contributed by atoms with Gasteiger partial charge in [-0.05, 0) is 5.56 Å². The maximum absolute atomic E-state index is 8.59. The normalized spacial score (nSPS) is 7.73. The standard InChI is InChI=1S/C7H7BO.2H2O/c8-7-3-1-6(5-9)2-4-7;;/h1-4,9H,5H2;2*1H2. The van der Waals surface area contributed by atoms with E-state index in [1.807, 2.05) is 0 Å². The van der Waals surface area contributed by atoms with Gasteiger partial charge in [-0.2, -0.15) is 0 Å². The van der Waals surface area contributed by atoms with Crippen molar-refractivity contribution >= 4 is 13.3 Å². The highest BCUT2D eigenvalue weighted by Gasteiger charge is 1.85. The van der Waals surface area contributed by atoms with Crippen LogP contribution in [0, 0.1) is 0 Å². The SMILES string of the molecule is O.O.[B]c1ccc(CO)cc1. The van der Waals surface area contributed by atoms with Gasteiger partial charge in [-0.3, -0.25) is 0 Å². The second-order valence-electron chi connectivity index (χ2n) is 1.90. The first-order valence-electron chi connectivity index (χ1n) is 2.78. The van der Waals surface area contributed by atoms with Crippen LogP contribution in [0.3, 0.4) is 0 Å². The predicted molar refractivity (Wildman–Crippen MR) is 45.0 cm³/mol. The maximum Gasteiger partial charge on any atom is 0.113 e. The maximum atomic E-state index is 8.59. The van der Waals surface area contributed by atoms with Gasteiger partial charge in [-0.1, -0.05) is 29.7 Å². The van der Waals surface area contributed by atoms with Crippen LogP contribution in [0.2, 0.25) is 0 Å². The average Bonchev–Trinajstić information content (AvgIpc) is 1.90. The molecule has 0 amide bonds. The number of rotatable bonds is 1. The molecule has 0 fully saturated rings. The summed E-state index contributed by atoms with van der Waals surface area (Å²) in [6.07, 6.45) is 0. The summed E-state index contributed by atoms with van der Waals surface area (Å²) in [5.41, 5.74) is 1.62. The first-order chi connectivity index (χ1) is 4.33. The van der Waals surface area contributed by atoms with Gasteiger partial charge in [0.1, 0.15) is 7.85 Å². The van der Waals surface area contributed by atoms with Gasteiger partial charge >= 0.3 is 0 Å². The summed E-state index contributed by atoms with van der Waals surface area (Å²) in [6, 6.07) is 7.14. The lowest BCUT2D eigenvalue weighted by atomic mass is 9.95. The Balaban J connectivity index is 0. The Kier molecular flexibility index (Phi) is 6.88. The van der Waals surface area contributed by atoms with Crippen molar-refractivity contribution in [1.29, 1.82) is 0 Å². The van der Waals surface area contributed by atoms with Crippen LogP contribution in [-0.4, -0.2) is 23.9 Å². The molecular formula is C7H11BO3.